The summed E-state index contributed by atoms with van der Waals surface area (Å²) in [5.41, 5.74) is 1.66. The Balaban J connectivity index is 1.64. The van der Waals surface area contributed by atoms with E-state index in [2.05, 4.69) is 5.32 Å². The predicted molar refractivity (Wildman–Crippen MR) is 122 cm³/mol. The third-order valence-electron chi connectivity index (χ3n) is 6.26. The van der Waals surface area contributed by atoms with Crippen molar-refractivity contribution in [2.45, 2.75) is 45.3 Å². The van der Waals surface area contributed by atoms with Gasteiger partial charge in [0.15, 0.2) is 0 Å². The molecule has 0 saturated heterocycles. The average Bonchev–Trinajstić information content (AvgIpc) is 2.79. The van der Waals surface area contributed by atoms with Crippen LogP contribution in [0.4, 0.5) is 5.69 Å². The molecule has 2 aromatic carbocycles. The maximum atomic E-state index is 13.1. The number of pyridine rings is 1. The monoisotopic (exact) mass is 420 g/mol. The minimum Gasteiger partial charge on any atom is -0.497 e. The summed E-state index contributed by atoms with van der Waals surface area (Å²) in [7, 11) is 1.59. The number of carbonyl (C=O) groups is 1. The number of aromatic nitrogens is 1. The highest BCUT2D eigenvalue weighted by Gasteiger charge is 2.24. The molecule has 0 bridgehead atoms. The lowest BCUT2D eigenvalue weighted by Gasteiger charge is -2.28. The number of nitrogens with one attached hydrogen (secondary N) is 1. The third-order valence-corrected chi connectivity index (χ3v) is 6.26. The van der Waals surface area contributed by atoms with Crippen LogP contribution < -0.4 is 15.6 Å². The SMILES string of the molecule is COc1ccc(C(=O)Nc2cccc3c(=O)n(C(O)C4CCCCC4)ccc23)c(C)c1. The first-order valence-electron chi connectivity index (χ1n) is 10.8. The molecule has 1 aromatic heterocycles. The molecule has 6 nitrogen and oxygen atoms in total. The fourth-order valence-corrected chi connectivity index (χ4v) is 4.48. The maximum absolute atomic E-state index is 13.1. The summed E-state index contributed by atoms with van der Waals surface area (Å²) in [6.07, 6.45) is 6.05. The first kappa shape index (κ1) is 21.1. The minimum absolute atomic E-state index is 0.102. The molecule has 3 aromatic rings. The standard InChI is InChI=1S/C25H28N2O4/c1-16-15-18(31-2)11-12-19(16)23(28)26-22-10-6-9-21-20(22)13-14-27(25(21)30)24(29)17-7-4-3-5-8-17/h6,9-15,17,24,29H,3-5,7-8H2,1-2H3,(H,26,28). The molecule has 1 aliphatic carbocycles. The maximum Gasteiger partial charge on any atom is 0.260 e. The van der Waals surface area contributed by atoms with Crippen molar-refractivity contribution < 1.29 is 14.6 Å². The Labute approximate surface area is 181 Å². The molecule has 1 aliphatic rings. The first-order valence-corrected chi connectivity index (χ1v) is 10.8. The van der Waals surface area contributed by atoms with E-state index in [4.69, 9.17) is 4.74 Å². The molecular weight excluding hydrogens is 392 g/mol. The van der Waals surface area contributed by atoms with Gasteiger partial charge in [0, 0.05) is 34.1 Å². The number of ether oxygens (including phenoxy) is 1. The molecule has 4 rings (SSSR count). The number of amides is 1. The molecule has 6 heteroatoms. The van der Waals surface area contributed by atoms with Gasteiger partial charge in [-0.05, 0) is 61.7 Å². The van der Waals surface area contributed by atoms with Gasteiger partial charge in [-0.15, -0.1) is 0 Å². The van der Waals surface area contributed by atoms with E-state index in [0.29, 0.717) is 27.8 Å². The summed E-state index contributed by atoms with van der Waals surface area (Å²) in [6.45, 7) is 1.85. The van der Waals surface area contributed by atoms with Crippen LogP contribution in [0.3, 0.4) is 0 Å². The first-order chi connectivity index (χ1) is 15.0. The lowest BCUT2D eigenvalue weighted by atomic mass is 9.88. The molecule has 1 unspecified atom stereocenters. The smallest absolute Gasteiger partial charge is 0.260 e. The molecule has 0 aliphatic heterocycles. The van der Waals surface area contributed by atoms with Crippen molar-refractivity contribution in [3.8, 4) is 5.75 Å². The fraction of sp³-hybridized carbons (Fsp3) is 0.360. The number of hydrogen-bond donors (Lipinski definition) is 2. The van der Waals surface area contributed by atoms with Gasteiger partial charge in [0.25, 0.3) is 11.5 Å². The Kier molecular flexibility index (Phi) is 6.09. The van der Waals surface area contributed by atoms with E-state index in [1.165, 1.54) is 11.0 Å². The molecule has 1 amide bonds. The Bertz CT molecular complexity index is 1160. The number of rotatable bonds is 5. The second-order valence-corrected chi connectivity index (χ2v) is 8.24. The van der Waals surface area contributed by atoms with Gasteiger partial charge in [-0.25, -0.2) is 0 Å². The van der Waals surface area contributed by atoms with Gasteiger partial charge in [-0.3, -0.25) is 14.2 Å². The summed E-state index contributed by atoms with van der Waals surface area (Å²) in [6, 6.07) is 12.3. The highest BCUT2D eigenvalue weighted by Crippen LogP contribution is 2.31. The number of methoxy groups -OCH3 is 1. The van der Waals surface area contributed by atoms with Crippen LogP contribution in [0.5, 0.6) is 5.75 Å². The van der Waals surface area contributed by atoms with Crippen molar-refractivity contribution in [3.05, 3.63) is 70.1 Å². The van der Waals surface area contributed by atoms with Gasteiger partial charge >= 0.3 is 0 Å². The van der Waals surface area contributed by atoms with Crippen LogP contribution in [0.25, 0.3) is 10.8 Å². The normalized spacial score (nSPS) is 15.6. The molecule has 0 spiro atoms. The number of aliphatic hydroxyl groups excluding tert-OH is 1. The molecule has 162 valence electrons. The lowest BCUT2D eigenvalue weighted by Crippen LogP contribution is -2.30. The largest absolute Gasteiger partial charge is 0.497 e. The molecule has 1 heterocycles. The number of fused-ring (bicyclic) bond motifs is 1. The van der Waals surface area contributed by atoms with Crippen LogP contribution in [-0.2, 0) is 0 Å². The van der Waals surface area contributed by atoms with E-state index in [1.54, 1.807) is 49.7 Å². The van der Waals surface area contributed by atoms with Crippen molar-refractivity contribution >= 4 is 22.4 Å². The fourth-order valence-electron chi connectivity index (χ4n) is 4.48. The topological polar surface area (TPSA) is 80.6 Å². The van der Waals surface area contributed by atoms with Crippen LogP contribution in [0.15, 0.2) is 53.5 Å². The Hall–Kier alpha value is -3.12. The van der Waals surface area contributed by atoms with Gasteiger partial charge in [-0.1, -0.05) is 25.3 Å². The van der Waals surface area contributed by atoms with Crippen LogP contribution in [0.2, 0.25) is 0 Å². The zero-order chi connectivity index (χ0) is 22.0. The highest BCUT2D eigenvalue weighted by atomic mass is 16.5. The molecule has 1 fully saturated rings. The zero-order valence-corrected chi connectivity index (χ0v) is 17.9. The summed E-state index contributed by atoms with van der Waals surface area (Å²) >= 11 is 0. The number of carbonyl (C=O) groups excluding carboxylic acids is 1. The van der Waals surface area contributed by atoms with Gasteiger partial charge in [0.05, 0.1) is 7.11 Å². The number of hydrogen-bond acceptors (Lipinski definition) is 4. The summed E-state index contributed by atoms with van der Waals surface area (Å²) in [5, 5.41) is 14.9. The van der Waals surface area contributed by atoms with Crippen LogP contribution >= 0.6 is 0 Å². The van der Waals surface area contributed by atoms with Crippen molar-refractivity contribution in [1.82, 2.24) is 4.57 Å². The predicted octanol–water partition coefficient (Wildman–Crippen LogP) is 4.64. The number of aliphatic hydroxyl groups is 1. The second kappa shape index (κ2) is 8.94. The number of nitrogens with zero attached hydrogens (tertiary/aromatic N) is 1. The molecule has 1 saturated carbocycles. The zero-order valence-electron chi connectivity index (χ0n) is 17.9. The minimum atomic E-state index is -0.822. The molecule has 2 N–H and O–H groups in total. The summed E-state index contributed by atoms with van der Waals surface area (Å²) < 4.78 is 6.63. The van der Waals surface area contributed by atoms with Gasteiger partial charge in [0.1, 0.15) is 12.0 Å². The van der Waals surface area contributed by atoms with Gasteiger partial charge in [-0.2, -0.15) is 0 Å². The lowest BCUT2D eigenvalue weighted by molar-refractivity contribution is 0.0210. The van der Waals surface area contributed by atoms with E-state index in [9.17, 15) is 14.7 Å². The summed E-state index contributed by atoms with van der Waals surface area (Å²) in [4.78, 5) is 26.0. The van der Waals surface area contributed by atoms with E-state index in [-0.39, 0.29) is 17.4 Å². The number of aryl methyl sites for hydroxylation is 1. The van der Waals surface area contributed by atoms with E-state index >= 15 is 0 Å². The Morgan fingerprint density at radius 2 is 1.90 bits per heavy atom. The Morgan fingerprint density at radius 3 is 2.61 bits per heavy atom. The molecule has 0 radical (unpaired) electrons. The van der Waals surface area contributed by atoms with Crippen molar-refractivity contribution in [2.24, 2.45) is 5.92 Å². The quantitative estimate of drug-likeness (QED) is 0.630. The van der Waals surface area contributed by atoms with Crippen LogP contribution in [-0.4, -0.2) is 22.7 Å². The van der Waals surface area contributed by atoms with Crippen molar-refractivity contribution in [2.75, 3.05) is 12.4 Å². The molecule has 31 heavy (non-hydrogen) atoms. The number of benzene rings is 2. The second-order valence-electron chi connectivity index (χ2n) is 8.24. The van der Waals surface area contributed by atoms with Crippen molar-refractivity contribution in [1.29, 1.82) is 0 Å². The van der Waals surface area contributed by atoms with E-state index in [0.717, 1.165) is 31.2 Å². The van der Waals surface area contributed by atoms with Gasteiger partial charge in [0.2, 0.25) is 0 Å². The summed E-state index contributed by atoms with van der Waals surface area (Å²) in [5.74, 6) is 0.542. The molecule has 1 atom stereocenters. The van der Waals surface area contributed by atoms with E-state index in [1.807, 2.05) is 13.0 Å². The highest BCUT2D eigenvalue weighted by molar-refractivity contribution is 6.09. The van der Waals surface area contributed by atoms with Gasteiger partial charge < -0.3 is 15.2 Å². The average molecular weight is 421 g/mol. The van der Waals surface area contributed by atoms with E-state index < -0.39 is 6.23 Å². The Morgan fingerprint density at radius 1 is 1.13 bits per heavy atom. The molecular formula is C25H28N2O4. The third kappa shape index (κ3) is 4.21. The van der Waals surface area contributed by atoms with Crippen LogP contribution in [0, 0.1) is 12.8 Å². The van der Waals surface area contributed by atoms with Crippen molar-refractivity contribution in [3.63, 3.8) is 0 Å². The van der Waals surface area contributed by atoms with Crippen LogP contribution in [0.1, 0.15) is 54.3 Å². The number of anilines is 1.